The maximum absolute atomic E-state index is 12.7. The Hall–Kier alpha value is -2.84. The van der Waals surface area contributed by atoms with E-state index in [4.69, 9.17) is 5.73 Å². The van der Waals surface area contributed by atoms with Crippen molar-refractivity contribution in [2.75, 3.05) is 0 Å². The average molecular weight is 414 g/mol. The van der Waals surface area contributed by atoms with E-state index in [1.165, 1.54) is 28.5 Å². The summed E-state index contributed by atoms with van der Waals surface area (Å²) in [4.78, 5) is 12.6. The summed E-state index contributed by atoms with van der Waals surface area (Å²) >= 11 is 1.39. The highest BCUT2D eigenvalue weighted by molar-refractivity contribution is 7.99. The number of aryl methyl sites for hydroxylation is 1. The predicted molar refractivity (Wildman–Crippen MR) is 108 cm³/mol. The molecular formula is C20H19N3O3S2. The first-order chi connectivity index (χ1) is 13.3. The highest BCUT2D eigenvalue weighted by Gasteiger charge is 2.14. The SMILES string of the molecule is Cc1ccc(S(=O)(=O)/N=c2\cccc(Sc3ccccc3)n2CC(N)=O)cc1. The zero-order chi connectivity index (χ0) is 20.1. The maximum Gasteiger partial charge on any atom is 0.284 e. The molecule has 0 saturated carbocycles. The quantitative estimate of drug-likeness (QED) is 0.672. The summed E-state index contributed by atoms with van der Waals surface area (Å²) < 4.78 is 30.9. The van der Waals surface area contributed by atoms with Crippen LogP contribution in [0.1, 0.15) is 5.56 Å². The molecule has 0 aliphatic heterocycles. The number of aromatic nitrogens is 1. The van der Waals surface area contributed by atoms with Crippen LogP contribution in [0.25, 0.3) is 0 Å². The predicted octanol–water partition coefficient (Wildman–Crippen LogP) is 2.72. The molecule has 0 atom stereocenters. The number of carbonyl (C=O) groups is 1. The average Bonchev–Trinajstić information content (AvgIpc) is 2.65. The van der Waals surface area contributed by atoms with Crippen LogP contribution in [0.4, 0.5) is 0 Å². The van der Waals surface area contributed by atoms with Crippen LogP contribution in [-0.4, -0.2) is 18.9 Å². The Labute approximate surface area is 167 Å². The summed E-state index contributed by atoms with van der Waals surface area (Å²) in [5.41, 5.74) is 6.47. The van der Waals surface area contributed by atoms with Crippen LogP contribution in [0.15, 0.2) is 92.0 Å². The third kappa shape index (κ3) is 4.90. The van der Waals surface area contributed by atoms with Crippen molar-refractivity contribution in [3.8, 4) is 0 Å². The molecule has 3 rings (SSSR count). The fourth-order valence-corrected chi connectivity index (χ4v) is 4.43. The number of primary amides is 1. The Morgan fingerprint density at radius 3 is 2.32 bits per heavy atom. The summed E-state index contributed by atoms with van der Waals surface area (Å²) in [6.07, 6.45) is 0. The summed E-state index contributed by atoms with van der Waals surface area (Å²) in [7, 11) is -3.94. The first kappa shape index (κ1) is 19.9. The molecule has 0 aliphatic carbocycles. The topological polar surface area (TPSA) is 94.5 Å². The zero-order valence-corrected chi connectivity index (χ0v) is 16.8. The second kappa shape index (κ2) is 8.45. The van der Waals surface area contributed by atoms with Crippen molar-refractivity contribution >= 4 is 27.7 Å². The molecule has 0 bridgehead atoms. The lowest BCUT2D eigenvalue weighted by Gasteiger charge is -2.12. The van der Waals surface area contributed by atoms with E-state index in [9.17, 15) is 13.2 Å². The Morgan fingerprint density at radius 2 is 1.68 bits per heavy atom. The van der Waals surface area contributed by atoms with Gasteiger partial charge in [-0.15, -0.1) is 4.40 Å². The van der Waals surface area contributed by atoms with Crippen molar-refractivity contribution in [3.05, 3.63) is 83.8 Å². The van der Waals surface area contributed by atoms with Crippen molar-refractivity contribution in [1.82, 2.24) is 4.57 Å². The molecule has 0 fully saturated rings. The van der Waals surface area contributed by atoms with Gasteiger partial charge in [-0.05, 0) is 43.3 Å². The van der Waals surface area contributed by atoms with Gasteiger partial charge in [0.2, 0.25) is 5.91 Å². The van der Waals surface area contributed by atoms with Gasteiger partial charge in [0.05, 0.1) is 9.92 Å². The van der Waals surface area contributed by atoms with Gasteiger partial charge in [-0.1, -0.05) is 53.7 Å². The van der Waals surface area contributed by atoms with Crippen molar-refractivity contribution in [3.63, 3.8) is 0 Å². The molecule has 0 aliphatic rings. The lowest BCUT2D eigenvalue weighted by Crippen LogP contribution is -2.30. The molecule has 2 aromatic carbocycles. The molecule has 3 aromatic rings. The fourth-order valence-electron chi connectivity index (χ4n) is 2.49. The van der Waals surface area contributed by atoms with Crippen LogP contribution in [0, 0.1) is 6.92 Å². The molecule has 0 unspecified atom stereocenters. The van der Waals surface area contributed by atoms with Crippen LogP contribution in [0.3, 0.4) is 0 Å². The van der Waals surface area contributed by atoms with E-state index in [0.29, 0.717) is 5.03 Å². The number of amides is 1. The first-order valence-corrected chi connectivity index (χ1v) is 10.7. The van der Waals surface area contributed by atoms with E-state index >= 15 is 0 Å². The molecule has 0 radical (unpaired) electrons. The third-order valence-electron chi connectivity index (χ3n) is 3.84. The van der Waals surface area contributed by atoms with E-state index in [-0.39, 0.29) is 16.9 Å². The van der Waals surface area contributed by atoms with Crippen molar-refractivity contribution in [2.45, 2.75) is 28.3 Å². The number of nitrogens with two attached hydrogens (primary N) is 1. The van der Waals surface area contributed by atoms with Crippen molar-refractivity contribution in [1.29, 1.82) is 0 Å². The number of benzene rings is 2. The molecule has 0 spiro atoms. The molecule has 8 heteroatoms. The minimum Gasteiger partial charge on any atom is -0.368 e. The first-order valence-electron chi connectivity index (χ1n) is 8.44. The van der Waals surface area contributed by atoms with E-state index in [1.807, 2.05) is 37.3 Å². The Morgan fingerprint density at radius 1 is 1.00 bits per heavy atom. The van der Waals surface area contributed by atoms with Gasteiger partial charge >= 0.3 is 0 Å². The normalized spacial score (nSPS) is 12.1. The molecule has 1 heterocycles. The lowest BCUT2D eigenvalue weighted by atomic mass is 10.2. The minimum atomic E-state index is -3.94. The monoisotopic (exact) mass is 413 g/mol. The highest BCUT2D eigenvalue weighted by Crippen LogP contribution is 2.26. The van der Waals surface area contributed by atoms with Gasteiger partial charge in [-0.25, -0.2) is 0 Å². The number of carbonyl (C=O) groups excluding carboxylic acids is 1. The van der Waals surface area contributed by atoms with Gasteiger partial charge in [-0.2, -0.15) is 8.42 Å². The number of nitrogens with zero attached hydrogens (tertiary/aromatic N) is 2. The third-order valence-corrected chi connectivity index (χ3v) is 6.21. The molecular weight excluding hydrogens is 394 g/mol. The number of sulfonamides is 1. The maximum atomic E-state index is 12.7. The highest BCUT2D eigenvalue weighted by atomic mass is 32.2. The summed E-state index contributed by atoms with van der Waals surface area (Å²) in [5, 5.41) is 0.658. The van der Waals surface area contributed by atoms with Gasteiger partial charge in [-0.3, -0.25) is 4.79 Å². The summed E-state index contributed by atoms with van der Waals surface area (Å²) in [5.74, 6) is -0.588. The largest absolute Gasteiger partial charge is 0.368 e. The summed E-state index contributed by atoms with van der Waals surface area (Å²) in [6, 6.07) is 21.0. The van der Waals surface area contributed by atoms with E-state index in [2.05, 4.69) is 4.40 Å². The zero-order valence-electron chi connectivity index (χ0n) is 15.1. The van der Waals surface area contributed by atoms with Crippen LogP contribution in [0.2, 0.25) is 0 Å². The van der Waals surface area contributed by atoms with Crippen molar-refractivity contribution < 1.29 is 13.2 Å². The molecule has 28 heavy (non-hydrogen) atoms. The van der Waals surface area contributed by atoms with E-state index in [1.54, 1.807) is 30.3 Å². The fraction of sp³-hybridized carbons (Fsp3) is 0.100. The Bertz CT molecular complexity index is 1150. The lowest BCUT2D eigenvalue weighted by molar-refractivity contribution is -0.118. The van der Waals surface area contributed by atoms with Crippen LogP contribution >= 0.6 is 11.8 Å². The molecule has 144 valence electrons. The Balaban J connectivity index is 2.11. The van der Waals surface area contributed by atoms with Crippen LogP contribution in [0.5, 0.6) is 0 Å². The molecule has 1 aromatic heterocycles. The Kier molecular flexibility index (Phi) is 6.01. The smallest absolute Gasteiger partial charge is 0.284 e. The number of rotatable bonds is 6. The van der Waals surface area contributed by atoms with Crippen LogP contribution < -0.4 is 11.2 Å². The summed E-state index contributed by atoms with van der Waals surface area (Å²) in [6.45, 7) is 1.69. The second-order valence-electron chi connectivity index (χ2n) is 6.07. The van der Waals surface area contributed by atoms with E-state index < -0.39 is 15.9 Å². The number of hydrogen-bond donors (Lipinski definition) is 1. The molecule has 0 saturated heterocycles. The second-order valence-corrected chi connectivity index (χ2v) is 8.77. The van der Waals surface area contributed by atoms with Gasteiger partial charge in [0.25, 0.3) is 10.0 Å². The van der Waals surface area contributed by atoms with Gasteiger partial charge in [0.1, 0.15) is 12.0 Å². The minimum absolute atomic E-state index is 0.0878. The number of hydrogen-bond acceptors (Lipinski definition) is 4. The van der Waals surface area contributed by atoms with Crippen LogP contribution in [-0.2, 0) is 21.4 Å². The number of pyridine rings is 1. The standard InChI is InChI=1S/C20H19N3O3S2/c1-15-10-12-17(13-11-15)28(25,26)22-19-8-5-9-20(23(19)14-18(21)24)27-16-6-3-2-4-7-16/h2-13H,14H2,1H3,(H2,21,24)/b22-19+. The van der Waals surface area contributed by atoms with Crippen molar-refractivity contribution in [2.24, 2.45) is 10.1 Å². The van der Waals surface area contributed by atoms with Gasteiger partial charge in [0.15, 0.2) is 0 Å². The molecule has 6 nitrogen and oxygen atoms in total. The molecule has 2 N–H and O–H groups in total. The molecule has 1 amide bonds. The van der Waals surface area contributed by atoms with Gasteiger partial charge in [0, 0.05) is 4.90 Å². The van der Waals surface area contributed by atoms with Gasteiger partial charge < -0.3 is 10.3 Å². The van der Waals surface area contributed by atoms with E-state index in [0.717, 1.165) is 10.5 Å².